The van der Waals surface area contributed by atoms with Crippen molar-refractivity contribution in [3.05, 3.63) is 27.4 Å². The van der Waals surface area contributed by atoms with Gasteiger partial charge in [0.15, 0.2) is 0 Å². The van der Waals surface area contributed by atoms with Crippen molar-refractivity contribution >= 4 is 11.7 Å². The molecule has 0 radical (unpaired) electrons. The van der Waals surface area contributed by atoms with Gasteiger partial charge in [-0.25, -0.2) is 4.98 Å². The van der Waals surface area contributed by atoms with Crippen LogP contribution in [-0.4, -0.2) is 27.3 Å². The van der Waals surface area contributed by atoms with E-state index in [1.165, 1.54) is 0 Å². The molecule has 1 rings (SSSR count). The minimum Gasteiger partial charge on any atom is -0.481 e. The molecule has 0 bridgehead atoms. The zero-order chi connectivity index (χ0) is 17.3. The van der Waals surface area contributed by atoms with Crippen LogP contribution in [0.3, 0.4) is 0 Å². The van der Waals surface area contributed by atoms with Gasteiger partial charge in [0, 0.05) is 5.56 Å². The van der Waals surface area contributed by atoms with Crippen molar-refractivity contribution in [3.8, 4) is 5.88 Å². The number of nitrogens with zero attached hydrogens (tertiary/aromatic N) is 2. The van der Waals surface area contributed by atoms with Crippen LogP contribution >= 0.6 is 0 Å². The van der Waals surface area contributed by atoms with Crippen molar-refractivity contribution < 1.29 is 45.9 Å². The molecule has 0 saturated carbocycles. The second kappa shape index (κ2) is 5.65. The van der Waals surface area contributed by atoms with E-state index in [-0.39, 0.29) is 6.07 Å². The number of ether oxygens (including phenoxy) is 1. The fourth-order valence-electron chi connectivity index (χ4n) is 1.38. The Morgan fingerprint density at radius 3 is 2.23 bits per heavy atom. The van der Waals surface area contributed by atoms with Gasteiger partial charge in [0.2, 0.25) is 0 Å². The molecule has 0 atom stereocenters. The first-order chi connectivity index (χ1) is 9.81. The number of carbonyl (C=O) groups is 1. The molecule has 122 valence electrons. The zero-order valence-corrected chi connectivity index (χ0v) is 10.0. The first-order valence-electron chi connectivity index (χ1n) is 5.04. The van der Waals surface area contributed by atoms with Gasteiger partial charge in [-0.1, -0.05) is 0 Å². The second-order valence-corrected chi connectivity index (χ2v) is 3.69. The maximum Gasteiger partial charge on any atom is 0.574 e. The van der Waals surface area contributed by atoms with Crippen molar-refractivity contribution in [2.75, 3.05) is 0 Å². The van der Waals surface area contributed by atoms with Crippen molar-refractivity contribution in [3.63, 3.8) is 0 Å². The predicted molar refractivity (Wildman–Crippen MR) is 53.9 cm³/mol. The number of pyridine rings is 1. The minimum absolute atomic E-state index is 0.0184. The Kier molecular flexibility index (Phi) is 4.48. The molecular weight excluding hydrogens is 330 g/mol. The van der Waals surface area contributed by atoms with Gasteiger partial charge in [-0.05, 0) is 6.07 Å². The molecule has 0 aliphatic heterocycles. The third-order valence-corrected chi connectivity index (χ3v) is 2.07. The summed E-state index contributed by atoms with van der Waals surface area (Å²) in [4.78, 5) is 22.1. The largest absolute Gasteiger partial charge is 0.574 e. The topological polar surface area (TPSA) is 103 Å². The highest BCUT2D eigenvalue weighted by Gasteiger charge is 2.41. The Morgan fingerprint density at radius 2 is 1.86 bits per heavy atom. The molecule has 13 heteroatoms. The Morgan fingerprint density at radius 1 is 1.32 bits per heavy atom. The summed E-state index contributed by atoms with van der Waals surface area (Å²) in [5.74, 6) is -3.77. The van der Waals surface area contributed by atoms with E-state index in [1.54, 1.807) is 0 Å². The van der Waals surface area contributed by atoms with E-state index >= 15 is 0 Å². The molecule has 1 N–H and O–H groups in total. The number of nitro groups is 1. The lowest BCUT2D eigenvalue weighted by Crippen LogP contribution is -2.21. The third-order valence-electron chi connectivity index (χ3n) is 2.07. The summed E-state index contributed by atoms with van der Waals surface area (Å²) in [6, 6.07) is -0.0184. The fraction of sp³-hybridized carbons (Fsp3) is 0.333. The zero-order valence-electron chi connectivity index (χ0n) is 10.0. The van der Waals surface area contributed by atoms with Crippen LogP contribution < -0.4 is 4.74 Å². The van der Waals surface area contributed by atoms with Gasteiger partial charge >= 0.3 is 30.1 Å². The maximum atomic E-state index is 12.5. The van der Waals surface area contributed by atoms with Gasteiger partial charge in [0.1, 0.15) is 5.69 Å². The summed E-state index contributed by atoms with van der Waals surface area (Å²) < 4.78 is 77.1. The van der Waals surface area contributed by atoms with Crippen LogP contribution in [0.4, 0.5) is 32.0 Å². The molecule has 0 aliphatic rings. The molecule has 0 spiro atoms. The lowest BCUT2D eigenvalue weighted by Gasteiger charge is -2.13. The molecule has 1 heterocycles. The standard InChI is InChI=1S/C9H4F6N2O5/c10-8(11,12)4-1-3(2-5(18)19)6(17(20)21)7(16-4)22-9(13,14)15/h1H,2H2,(H,18,19). The number of alkyl halides is 6. The highest BCUT2D eigenvalue weighted by atomic mass is 19.4. The molecule has 0 aromatic carbocycles. The smallest absolute Gasteiger partial charge is 0.481 e. The highest BCUT2D eigenvalue weighted by molar-refractivity contribution is 5.73. The Labute approximate surface area is 116 Å². The monoisotopic (exact) mass is 334 g/mol. The van der Waals surface area contributed by atoms with Crippen molar-refractivity contribution in [2.24, 2.45) is 0 Å². The molecule has 0 amide bonds. The van der Waals surface area contributed by atoms with Gasteiger partial charge < -0.3 is 9.84 Å². The van der Waals surface area contributed by atoms with Gasteiger partial charge in [-0.2, -0.15) is 13.2 Å². The molecule has 0 fully saturated rings. The van der Waals surface area contributed by atoms with Crippen LogP contribution in [0.2, 0.25) is 0 Å². The minimum atomic E-state index is -5.55. The molecule has 0 unspecified atom stereocenters. The van der Waals surface area contributed by atoms with Crippen LogP contribution in [0.1, 0.15) is 11.3 Å². The summed E-state index contributed by atoms with van der Waals surface area (Å²) >= 11 is 0. The maximum absolute atomic E-state index is 12.5. The number of rotatable bonds is 4. The average Bonchev–Trinajstić information content (AvgIpc) is 2.22. The molecular formula is C9H4F6N2O5. The Bertz CT molecular complexity index is 612. The third kappa shape index (κ3) is 4.46. The number of aromatic nitrogens is 1. The van der Waals surface area contributed by atoms with E-state index in [1.807, 2.05) is 0 Å². The highest BCUT2D eigenvalue weighted by Crippen LogP contribution is 2.38. The quantitative estimate of drug-likeness (QED) is 0.516. The number of hydrogen-bond acceptors (Lipinski definition) is 5. The van der Waals surface area contributed by atoms with E-state index < -0.39 is 52.7 Å². The first kappa shape index (κ1) is 17.5. The van der Waals surface area contributed by atoms with Crippen LogP contribution in [0.25, 0.3) is 0 Å². The lowest BCUT2D eigenvalue weighted by atomic mass is 10.1. The number of hydrogen-bond donors (Lipinski definition) is 1. The van der Waals surface area contributed by atoms with Crippen LogP contribution in [-0.2, 0) is 17.4 Å². The van der Waals surface area contributed by atoms with E-state index in [4.69, 9.17) is 5.11 Å². The van der Waals surface area contributed by atoms with E-state index in [0.717, 1.165) is 0 Å². The van der Waals surface area contributed by atoms with Crippen LogP contribution in [0, 0.1) is 10.1 Å². The summed E-state index contributed by atoms with van der Waals surface area (Å²) in [6.07, 6.45) is -12.1. The summed E-state index contributed by atoms with van der Waals surface area (Å²) in [7, 11) is 0. The first-order valence-corrected chi connectivity index (χ1v) is 5.04. The fourth-order valence-corrected chi connectivity index (χ4v) is 1.38. The molecule has 0 aliphatic carbocycles. The summed E-state index contributed by atoms with van der Waals surface area (Å²) in [5.41, 5.74) is -4.68. The average molecular weight is 334 g/mol. The second-order valence-electron chi connectivity index (χ2n) is 3.69. The van der Waals surface area contributed by atoms with Crippen molar-refractivity contribution in [1.29, 1.82) is 0 Å². The van der Waals surface area contributed by atoms with E-state index in [0.29, 0.717) is 0 Å². The van der Waals surface area contributed by atoms with Crippen LogP contribution in [0.5, 0.6) is 5.88 Å². The number of carboxylic acids is 1. The molecule has 0 saturated heterocycles. The molecule has 1 aromatic rings. The number of aliphatic carboxylic acids is 1. The van der Waals surface area contributed by atoms with Crippen molar-refractivity contribution in [1.82, 2.24) is 4.98 Å². The van der Waals surface area contributed by atoms with Crippen molar-refractivity contribution in [2.45, 2.75) is 19.0 Å². The van der Waals surface area contributed by atoms with E-state index in [9.17, 15) is 41.3 Å². The van der Waals surface area contributed by atoms with Gasteiger partial charge in [0.25, 0.3) is 0 Å². The number of carboxylic acid groups (broad SMARTS) is 1. The lowest BCUT2D eigenvalue weighted by molar-refractivity contribution is -0.390. The molecule has 1 aromatic heterocycles. The van der Waals surface area contributed by atoms with Crippen LogP contribution in [0.15, 0.2) is 6.07 Å². The summed E-state index contributed by atoms with van der Waals surface area (Å²) in [5, 5.41) is 19.2. The summed E-state index contributed by atoms with van der Waals surface area (Å²) in [6.45, 7) is 0. The SMILES string of the molecule is O=C(O)Cc1cc(C(F)(F)F)nc(OC(F)(F)F)c1[N+](=O)[O-]. The Balaban J connectivity index is 3.62. The molecule has 22 heavy (non-hydrogen) atoms. The number of halogens is 6. The normalized spacial score (nSPS) is 12.1. The molecule has 7 nitrogen and oxygen atoms in total. The van der Waals surface area contributed by atoms with Gasteiger partial charge in [0.05, 0.1) is 11.3 Å². The van der Waals surface area contributed by atoms with Gasteiger partial charge in [-0.3, -0.25) is 14.9 Å². The Hall–Kier alpha value is -2.60. The van der Waals surface area contributed by atoms with Gasteiger partial charge in [-0.15, -0.1) is 13.2 Å². The predicted octanol–water partition coefficient (Wildman–Crippen LogP) is 2.53. The van der Waals surface area contributed by atoms with E-state index in [2.05, 4.69) is 9.72 Å².